The van der Waals surface area contributed by atoms with E-state index in [2.05, 4.69) is 11.0 Å². The number of aliphatic hydroxyl groups is 1. The molecular formula is C16H22N2O. The molecule has 3 atom stereocenters. The number of benzene rings is 1. The minimum Gasteiger partial charge on any atom is -0.391 e. The summed E-state index contributed by atoms with van der Waals surface area (Å²) in [6.07, 6.45) is 3.97. The molecule has 0 radical (unpaired) electrons. The van der Waals surface area contributed by atoms with Gasteiger partial charge in [-0.15, -0.1) is 0 Å². The molecule has 19 heavy (non-hydrogen) atoms. The average Bonchev–Trinajstić information content (AvgIpc) is 2.46. The van der Waals surface area contributed by atoms with E-state index < -0.39 is 0 Å². The summed E-state index contributed by atoms with van der Waals surface area (Å²) in [5.41, 5.74) is 1.06. The molecule has 3 heteroatoms. The molecule has 0 aromatic heterocycles. The van der Waals surface area contributed by atoms with Crippen molar-refractivity contribution < 1.29 is 5.11 Å². The lowest BCUT2D eigenvalue weighted by atomic mass is 9.90. The van der Waals surface area contributed by atoms with Crippen molar-refractivity contribution in [1.29, 1.82) is 5.26 Å². The smallest absolute Gasteiger partial charge is 0.0839 e. The van der Waals surface area contributed by atoms with Gasteiger partial charge in [0.2, 0.25) is 0 Å². The zero-order valence-corrected chi connectivity index (χ0v) is 11.5. The van der Waals surface area contributed by atoms with E-state index in [4.69, 9.17) is 0 Å². The zero-order chi connectivity index (χ0) is 13.7. The number of nitrogens with zero attached hydrogens (tertiary/aromatic N) is 2. The number of aliphatic hydroxyl groups excluding tert-OH is 1. The largest absolute Gasteiger partial charge is 0.391 e. The van der Waals surface area contributed by atoms with Gasteiger partial charge in [0.15, 0.2) is 0 Å². The molecule has 1 aromatic carbocycles. The predicted molar refractivity (Wildman–Crippen MR) is 75.7 cm³/mol. The topological polar surface area (TPSA) is 47.3 Å². The van der Waals surface area contributed by atoms with Crippen molar-refractivity contribution in [2.75, 3.05) is 13.6 Å². The van der Waals surface area contributed by atoms with Crippen molar-refractivity contribution in [2.45, 2.75) is 43.7 Å². The van der Waals surface area contributed by atoms with Crippen molar-refractivity contribution in [2.24, 2.45) is 0 Å². The molecule has 1 aromatic rings. The molecule has 2 rings (SSSR count). The third-order valence-corrected chi connectivity index (χ3v) is 4.09. The summed E-state index contributed by atoms with van der Waals surface area (Å²) >= 11 is 0. The Morgan fingerprint density at radius 3 is 2.63 bits per heavy atom. The minimum atomic E-state index is -0.242. The first-order valence-corrected chi connectivity index (χ1v) is 7.05. The Morgan fingerprint density at radius 1 is 1.32 bits per heavy atom. The summed E-state index contributed by atoms with van der Waals surface area (Å²) in [5, 5.41) is 19.4. The second kappa shape index (κ2) is 6.70. The molecule has 1 aliphatic carbocycles. The van der Waals surface area contributed by atoms with Gasteiger partial charge < -0.3 is 5.11 Å². The van der Waals surface area contributed by atoms with Crippen LogP contribution in [0.1, 0.15) is 37.2 Å². The van der Waals surface area contributed by atoms with Crippen LogP contribution in [-0.2, 0) is 0 Å². The third kappa shape index (κ3) is 3.56. The Bertz CT molecular complexity index is 426. The first-order chi connectivity index (χ1) is 9.22. The minimum absolute atomic E-state index is 0.125. The van der Waals surface area contributed by atoms with Crippen LogP contribution in [0.15, 0.2) is 30.3 Å². The van der Waals surface area contributed by atoms with Crippen LogP contribution in [0.3, 0.4) is 0 Å². The van der Waals surface area contributed by atoms with E-state index in [9.17, 15) is 10.4 Å². The molecule has 3 nitrogen and oxygen atoms in total. The van der Waals surface area contributed by atoms with Crippen LogP contribution in [0.2, 0.25) is 0 Å². The van der Waals surface area contributed by atoms with Gasteiger partial charge >= 0.3 is 0 Å². The van der Waals surface area contributed by atoms with Crippen molar-refractivity contribution >= 4 is 0 Å². The van der Waals surface area contributed by atoms with Crippen LogP contribution < -0.4 is 0 Å². The zero-order valence-electron chi connectivity index (χ0n) is 11.5. The summed E-state index contributed by atoms with van der Waals surface area (Å²) in [4.78, 5) is 2.16. The van der Waals surface area contributed by atoms with Gasteiger partial charge in [0.05, 0.1) is 18.1 Å². The van der Waals surface area contributed by atoms with Gasteiger partial charge in [-0.3, -0.25) is 4.90 Å². The summed E-state index contributed by atoms with van der Waals surface area (Å²) < 4.78 is 0. The average molecular weight is 258 g/mol. The van der Waals surface area contributed by atoms with Crippen molar-refractivity contribution in [1.82, 2.24) is 4.90 Å². The standard InChI is InChI=1S/C16H22N2O/c1-18(15-9-5-6-10-16(15)19)12-14(11-17)13-7-3-2-4-8-13/h2-4,7-8,14-16,19H,5-6,9-10,12H2,1H3. The van der Waals surface area contributed by atoms with Crippen LogP contribution in [-0.4, -0.2) is 35.7 Å². The van der Waals surface area contributed by atoms with Gasteiger partial charge in [0.1, 0.15) is 0 Å². The molecule has 1 aliphatic rings. The lowest BCUT2D eigenvalue weighted by molar-refractivity contribution is 0.0314. The van der Waals surface area contributed by atoms with Crippen molar-refractivity contribution in [3.05, 3.63) is 35.9 Å². The number of rotatable bonds is 4. The highest BCUT2D eigenvalue weighted by Gasteiger charge is 2.28. The molecular weight excluding hydrogens is 236 g/mol. The highest BCUT2D eigenvalue weighted by Crippen LogP contribution is 2.24. The van der Waals surface area contributed by atoms with E-state index in [1.54, 1.807) is 0 Å². The van der Waals surface area contributed by atoms with E-state index in [0.717, 1.165) is 24.8 Å². The van der Waals surface area contributed by atoms with E-state index in [-0.39, 0.29) is 18.1 Å². The van der Waals surface area contributed by atoms with Crippen LogP contribution >= 0.6 is 0 Å². The number of hydrogen-bond donors (Lipinski definition) is 1. The summed E-state index contributed by atoms with van der Waals surface area (Å²) in [6.45, 7) is 0.683. The van der Waals surface area contributed by atoms with E-state index >= 15 is 0 Å². The molecule has 0 amide bonds. The van der Waals surface area contributed by atoms with Gasteiger partial charge in [0.25, 0.3) is 0 Å². The van der Waals surface area contributed by atoms with Crippen LogP contribution in [0, 0.1) is 11.3 Å². The van der Waals surface area contributed by atoms with Crippen molar-refractivity contribution in [3.8, 4) is 6.07 Å². The lowest BCUT2D eigenvalue weighted by Gasteiger charge is -2.36. The normalized spacial score (nSPS) is 24.9. The third-order valence-electron chi connectivity index (χ3n) is 4.09. The lowest BCUT2D eigenvalue weighted by Crippen LogP contribution is -2.44. The molecule has 102 valence electrons. The second-order valence-electron chi connectivity index (χ2n) is 5.45. The Morgan fingerprint density at radius 2 is 2.00 bits per heavy atom. The van der Waals surface area contributed by atoms with Gasteiger partial charge in [-0.2, -0.15) is 5.26 Å². The molecule has 0 aliphatic heterocycles. The Labute approximate surface area is 115 Å². The van der Waals surface area contributed by atoms with Crippen LogP contribution in [0.5, 0.6) is 0 Å². The molecule has 1 fully saturated rings. The van der Waals surface area contributed by atoms with Crippen molar-refractivity contribution in [3.63, 3.8) is 0 Å². The fourth-order valence-electron chi connectivity index (χ4n) is 2.94. The molecule has 0 spiro atoms. The van der Waals surface area contributed by atoms with Gasteiger partial charge in [-0.25, -0.2) is 0 Å². The SMILES string of the molecule is CN(CC(C#N)c1ccccc1)C1CCCCC1O. The first-order valence-electron chi connectivity index (χ1n) is 7.05. The summed E-state index contributed by atoms with van der Waals surface area (Å²) in [7, 11) is 2.02. The number of hydrogen-bond acceptors (Lipinski definition) is 3. The highest BCUT2D eigenvalue weighted by atomic mass is 16.3. The fraction of sp³-hybridized carbons (Fsp3) is 0.562. The van der Waals surface area contributed by atoms with Gasteiger partial charge in [-0.1, -0.05) is 43.2 Å². The monoisotopic (exact) mass is 258 g/mol. The Balaban J connectivity index is 2.00. The number of likely N-dealkylation sites (N-methyl/N-ethyl adjacent to an activating group) is 1. The fourth-order valence-corrected chi connectivity index (χ4v) is 2.94. The van der Waals surface area contributed by atoms with E-state index in [0.29, 0.717) is 6.54 Å². The van der Waals surface area contributed by atoms with E-state index in [1.165, 1.54) is 6.42 Å². The maximum atomic E-state index is 10.1. The first kappa shape index (κ1) is 14.0. The molecule has 0 bridgehead atoms. The van der Waals surface area contributed by atoms with Gasteiger partial charge in [0, 0.05) is 12.6 Å². The van der Waals surface area contributed by atoms with Gasteiger partial charge in [-0.05, 0) is 25.5 Å². The van der Waals surface area contributed by atoms with E-state index in [1.807, 2.05) is 37.4 Å². The molecule has 1 N–H and O–H groups in total. The Kier molecular flexibility index (Phi) is 4.95. The van der Waals surface area contributed by atoms with Crippen LogP contribution in [0.25, 0.3) is 0 Å². The molecule has 0 heterocycles. The van der Waals surface area contributed by atoms with Crippen LogP contribution in [0.4, 0.5) is 0 Å². The Hall–Kier alpha value is -1.37. The molecule has 1 saturated carbocycles. The summed E-state index contributed by atoms with van der Waals surface area (Å²) in [5.74, 6) is -0.125. The maximum absolute atomic E-state index is 10.1. The highest BCUT2D eigenvalue weighted by molar-refractivity contribution is 5.25. The molecule has 3 unspecified atom stereocenters. The molecule has 0 saturated heterocycles. The second-order valence-corrected chi connectivity index (χ2v) is 5.45. The quantitative estimate of drug-likeness (QED) is 0.902. The number of nitriles is 1. The summed E-state index contributed by atoms with van der Waals surface area (Å²) in [6, 6.07) is 12.5. The maximum Gasteiger partial charge on any atom is 0.0839 e. The predicted octanol–water partition coefficient (Wildman–Crippen LogP) is 2.53.